The normalized spacial score (nSPS) is 11.3. The van der Waals surface area contributed by atoms with Crippen LogP contribution in [0.15, 0.2) is 66.7 Å². The van der Waals surface area contributed by atoms with Crippen molar-refractivity contribution in [1.29, 1.82) is 0 Å². The van der Waals surface area contributed by atoms with E-state index >= 15 is 0 Å². The molecule has 0 fully saturated rings. The number of anilines is 1. The van der Waals surface area contributed by atoms with E-state index in [9.17, 15) is 4.79 Å². The van der Waals surface area contributed by atoms with E-state index in [0.717, 1.165) is 35.2 Å². The highest BCUT2D eigenvalue weighted by atomic mass is 35.5. The second kappa shape index (κ2) is 10.5. The summed E-state index contributed by atoms with van der Waals surface area (Å²) < 4.78 is 0.999. The van der Waals surface area contributed by atoms with E-state index in [2.05, 4.69) is 17.0 Å². The van der Waals surface area contributed by atoms with Gasteiger partial charge in [0.05, 0.1) is 10.2 Å². The van der Waals surface area contributed by atoms with Crippen molar-refractivity contribution < 1.29 is 4.79 Å². The SMILES string of the molecule is Cc1cc(Cl)cc2sc(N(CCCN(C)C)C(=O)c3ccc(Cc4ccccc4)cc3)nc12. The summed E-state index contributed by atoms with van der Waals surface area (Å²) >= 11 is 7.77. The number of aryl methyl sites for hydroxylation is 1. The fraction of sp³-hybridized carbons (Fsp3) is 0.259. The lowest BCUT2D eigenvalue weighted by atomic mass is 10.0. The predicted molar refractivity (Wildman–Crippen MR) is 140 cm³/mol. The second-order valence-electron chi connectivity index (χ2n) is 8.54. The third-order valence-corrected chi connectivity index (χ3v) is 6.80. The Hall–Kier alpha value is -2.73. The Bertz CT molecular complexity index is 1240. The third-order valence-electron chi connectivity index (χ3n) is 5.55. The molecule has 0 atom stereocenters. The minimum Gasteiger partial charge on any atom is -0.309 e. The molecule has 33 heavy (non-hydrogen) atoms. The zero-order valence-corrected chi connectivity index (χ0v) is 20.8. The summed E-state index contributed by atoms with van der Waals surface area (Å²) in [5.41, 5.74) is 5.03. The Balaban J connectivity index is 1.60. The van der Waals surface area contributed by atoms with Crippen molar-refractivity contribution in [2.24, 2.45) is 0 Å². The molecule has 0 saturated heterocycles. The van der Waals surface area contributed by atoms with E-state index in [-0.39, 0.29) is 5.91 Å². The predicted octanol–water partition coefficient (Wildman–Crippen LogP) is 6.45. The molecule has 0 aliphatic heterocycles. The molecule has 4 rings (SSSR count). The molecular formula is C27H28ClN3OS. The molecule has 0 aliphatic rings. The van der Waals surface area contributed by atoms with Crippen molar-refractivity contribution >= 4 is 44.2 Å². The lowest BCUT2D eigenvalue weighted by Gasteiger charge is -2.21. The molecule has 170 valence electrons. The van der Waals surface area contributed by atoms with Gasteiger partial charge in [-0.05, 0) is 81.4 Å². The van der Waals surface area contributed by atoms with Crippen LogP contribution in [0.25, 0.3) is 10.2 Å². The number of nitrogens with zero attached hydrogens (tertiary/aromatic N) is 3. The molecule has 1 heterocycles. The lowest BCUT2D eigenvalue weighted by Crippen LogP contribution is -2.33. The summed E-state index contributed by atoms with van der Waals surface area (Å²) in [7, 11) is 4.08. The summed E-state index contributed by atoms with van der Waals surface area (Å²) in [6.45, 7) is 3.51. The van der Waals surface area contributed by atoms with Gasteiger partial charge in [-0.1, -0.05) is 65.4 Å². The van der Waals surface area contributed by atoms with Crippen LogP contribution in [0.1, 0.15) is 33.5 Å². The molecule has 0 saturated carbocycles. The number of carbonyl (C=O) groups excluding carboxylic acids is 1. The first kappa shape index (κ1) is 23.4. The molecule has 0 N–H and O–H groups in total. The van der Waals surface area contributed by atoms with Crippen LogP contribution in [-0.2, 0) is 6.42 Å². The number of amides is 1. The maximum Gasteiger partial charge on any atom is 0.260 e. The monoisotopic (exact) mass is 477 g/mol. The minimum absolute atomic E-state index is 0.0252. The van der Waals surface area contributed by atoms with Crippen molar-refractivity contribution in [3.63, 3.8) is 0 Å². The number of carbonyl (C=O) groups is 1. The minimum atomic E-state index is -0.0252. The highest BCUT2D eigenvalue weighted by Gasteiger charge is 2.22. The molecule has 0 bridgehead atoms. The van der Waals surface area contributed by atoms with Crippen molar-refractivity contribution in [3.8, 4) is 0 Å². The van der Waals surface area contributed by atoms with Gasteiger partial charge in [0.2, 0.25) is 0 Å². The standard InChI is InChI=1S/C27H28ClN3OS/c1-19-16-23(28)18-24-25(19)29-27(33-24)31(15-7-14-30(2)3)26(32)22-12-10-21(11-13-22)17-20-8-5-4-6-9-20/h4-6,8-13,16,18H,7,14-15,17H2,1-3H3. The van der Waals surface area contributed by atoms with Gasteiger partial charge in [-0.3, -0.25) is 9.69 Å². The zero-order chi connectivity index (χ0) is 23.4. The van der Waals surface area contributed by atoms with E-state index in [1.165, 1.54) is 22.5 Å². The Morgan fingerprint density at radius 1 is 0.970 bits per heavy atom. The van der Waals surface area contributed by atoms with Crippen LogP contribution >= 0.6 is 22.9 Å². The molecule has 1 aromatic heterocycles. The maximum atomic E-state index is 13.6. The highest BCUT2D eigenvalue weighted by molar-refractivity contribution is 7.22. The first-order valence-electron chi connectivity index (χ1n) is 11.1. The van der Waals surface area contributed by atoms with Gasteiger partial charge in [0.15, 0.2) is 5.13 Å². The first-order chi connectivity index (χ1) is 15.9. The van der Waals surface area contributed by atoms with E-state index in [1.807, 2.05) is 80.5 Å². The summed E-state index contributed by atoms with van der Waals surface area (Å²) in [6, 6.07) is 22.1. The largest absolute Gasteiger partial charge is 0.309 e. The van der Waals surface area contributed by atoms with Crippen molar-refractivity contribution in [2.75, 3.05) is 32.1 Å². The van der Waals surface area contributed by atoms with Gasteiger partial charge in [0.25, 0.3) is 5.91 Å². The van der Waals surface area contributed by atoms with Gasteiger partial charge in [-0.15, -0.1) is 0 Å². The molecule has 0 unspecified atom stereocenters. The topological polar surface area (TPSA) is 36.4 Å². The molecule has 0 spiro atoms. The van der Waals surface area contributed by atoms with E-state index < -0.39 is 0 Å². The second-order valence-corrected chi connectivity index (χ2v) is 9.98. The zero-order valence-electron chi connectivity index (χ0n) is 19.2. The van der Waals surface area contributed by atoms with E-state index in [0.29, 0.717) is 22.3 Å². The fourth-order valence-electron chi connectivity index (χ4n) is 3.84. The third kappa shape index (κ3) is 5.80. The van der Waals surface area contributed by atoms with Gasteiger partial charge < -0.3 is 4.90 Å². The summed E-state index contributed by atoms with van der Waals surface area (Å²) in [5, 5.41) is 1.40. The van der Waals surface area contributed by atoms with Crippen LogP contribution in [0.4, 0.5) is 5.13 Å². The molecule has 1 amide bonds. The maximum absolute atomic E-state index is 13.6. The van der Waals surface area contributed by atoms with Crippen LogP contribution in [0.2, 0.25) is 5.02 Å². The average Bonchev–Trinajstić information content (AvgIpc) is 3.21. The van der Waals surface area contributed by atoms with Crippen LogP contribution in [0.5, 0.6) is 0 Å². The van der Waals surface area contributed by atoms with Gasteiger partial charge >= 0.3 is 0 Å². The van der Waals surface area contributed by atoms with E-state index in [4.69, 9.17) is 16.6 Å². The first-order valence-corrected chi connectivity index (χ1v) is 12.3. The fourth-order valence-corrected chi connectivity index (χ4v) is 5.28. The number of thiazole rings is 1. The number of hydrogen-bond donors (Lipinski definition) is 0. The summed E-state index contributed by atoms with van der Waals surface area (Å²) in [5.74, 6) is -0.0252. The van der Waals surface area contributed by atoms with Crippen molar-refractivity contribution in [1.82, 2.24) is 9.88 Å². The Kier molecular flexibility index (Phi) is 7.43. The molecule has 4 aromatic rings. The number of benzene rings is 3. The van der Waals surface area contributed by atoms with Crippen LogP contribution in [0, 0.1) is 6.92 Å². The summed E-state index contributed by atoms with van der Waals surface area (Å²) in [6.07, 6.45) is 1.71. The molecule has 0 radical (unpaired) electrons. The Labute approximate surface area is 204 Å². The Morgan fingerprint density at radius 3 is 2.36 bits per heavy atom. The van der Waals surface area contributed by atoms with Crippen LogP contribution in [0.3, 0.4) is 0 Å². The van der Waals surface area contributed by atoms with Crippen LogP contribution < -0.4 is 4.90 Å². The highest BCUT2D eigenvalue weighted by Crippen LogP contribution is 2.33. The molecule has 6 heteroatoms. The number of aromatic nitrogens is 1. The molecular weight excluding hydrogens is 450 g/mol. The molecule has 4 nitrogen and oxygen atoms in total. The lowest BCUT2D eigenvalue weighted by molar-refractivity contribution is 0.0986. The average molecular weight is 478 g/mol. The number of fused-ring (bicyclic) bond motifs is 1. The van der Waals surface area contributed by atoms with Gasteiger partial charge in [-0.25, -0.2) is 4.98 Å². The summed E-state index contributed by atoms with van der Waals surface area (Å²) in [4.78, 5) is 22.3. The smallest absolute Gasteiger partial charge is 0.260 e. The number of halogens is 1. The number of hydrogen-bond acceptors (Lipinski definition) is 4. The van der Waals surface area contributed by atoms with Gasteiger partial charge in [0, 0.05) is 17.1 Å². The van der Waals surface area contributed by atoms with Crippen LogP contribution in [-0.4, -0.2) is 43.0 Å². The van der Waals surface area contributed by atoms with Crippen molar-refractivity contribution in [2.45, 2.75) is 19.8 Å². The van der Waals surface area contributed by atoms with Gasteiger partial charge in [-0.2, -0.15) is 0 Å². The molecule has 0 aliphatic carbocycles. The van der Waals surface area contributed by atoms with Crippen molar-refractivity contribution in [3.05, 3.63) is 94.0 Å². The molecule has 3 aromatic carbocycles. The quantitative estimate of drug-likeness (QED) is 0.292. The van der Waals surface area contributed by atoms with Gasteiger partial charge in [0.1, 0.15) is 0 Å². The Morgan fingerprint density at radius 2 is 1.67 bits per heavy atom. The van der Waals surface area contributed by atoms with E-state index in [1.54, 1.807) is 0 Å². The number of rotatable bonds is 8.